The van der Waals surface area contributed by atoms with Gasteiger partial charge >= 0.3 is 0 Å². The van der Waals surface area contributed by atoms with E-state index in [1.807, 2.05) is 0 Å². The number of nitrogens with zero attached hydrogens (tertiary/aromatic N) is 2. The van der Waals surface area contributed by atoms with Crippen molar-refractivity contribution < 1.29 is 9.72 Å². The van der Waals surface area contributed by atoms with Gasteiger partial charge in [-0.15, -0.1) is 0 Å². The smallest absolute Gasteiger partial charge is 0.283 e. The van der Waals surface area contributed by atoms with Gasteiger partial charge in [0, 0.05) is 12.1 Å². The number of nitro groups is 1. The Morgan fingerprint density at radius 3 is 2.83 bits per heavy atom. The van der Waals surface area contributed by atoms with Crippen molar-refractivity contribution in [2.75, 3.05) is 5.32 Å². The minimum Gasteiger partial charge on any atom is -0.307 e. The van der Waals surface area contributed by atoms with Crippen molar-refractivity contribution in [2.45, 2.75) is 0 Å². The average Bonchev–Trinajstić information content (AvgIpc) is 2.81. The predicted molar refractivity (Wildman–Crippen MR) is 64.6 cm³/mol. The maximum absolute atomic E-state index is 11.9. The molecule has 1 aromatic heterocycles. The Hall–Kier alpha value is -2.41. The summed E-state index contributed by atoms with van der Waals surface area (Å²) in [5.74, 6) is -0.342. The van der Waals surface area contributed by atoms with Gasteiger partial charge in [-0.2, -0.15) is 5.10 Å². The molecule has 0 atom stereocenters. The second-order valence-electron chi connectivity index (χ2n) is 3.32. The standard InChI is InChI=1S/C10H7ClN4O3/c11-6-2-1-3-7(15(17)18)9(6)10(16)13-8-4-5-12-14-8/h1-5H,(H2,12,13,14,16). The largest absolute Gasteiger partial charge is 0.307 e. The molecule has 0 saturated heterocycles. The number of aromatic amines is 1. The highest BCUT2D eigenvalue weighted by Gasteiger charge is 2.23. The molecule has 0 fully saturated rings. The van der Waals surface area contributed by atoms with Crippen LogP contribution in [0, 0.1) is 10.1 Å². The van der Waals surface area contributed by atoms with E-state index in [0.29, 0.717) is 5.82 Å². The molecule has 0 radical (unpaired) electrons. The van der Waals surface area contributed by atoms with Crippen molar-refractivity contribution in [3.05, 3.63) is 51.2 Å². The van der Waals surface area contributed by atoms with Crippen LogP contribution in [0.4, 0.5) is 11.5 Å². The van der Waals surface area contributed by atoms with E-state index in [0.717, 1.165) is 0 Å². The van der Waals surface area contributed by atoms with Crippen LogP contribution in [0.1, 0.15) is 10.4 Å². The third kappa shape index (κ3) is 2.30. The van der Waals surface area contributed by atoms with Gasteiger partial charge in [0.05, 0.1) is 16.1 Å². The lowest BCUT2D eigenvalue weighted by Gasteiger charge is -2.05. The van der Waals surface area contributed by atoms with Gasteiger partial charge in [0.15, 0.2) is 0 Å². The van der Waals surface area contributed by atoms with E-state index < -0.39 is 10.8 Å². The van der Waals surface area contributed by atoms with Crippen LogP contribution in [0.5, 0.6) is 0 Å². The fourth-order valence-electron chi connectivity index (χ4n) is 1.40. The Morgan fingerprint density at radius 2 is 2.22 bits per heavy atom. The molecular weight excluding hydrogens is 260 g/mol. The van der Waals surface area contributed by atoms with Crippen molar-refractivity contribution in [3.63, 3.8) is 0 Å². The van der Waals surface area contributed by atoms with E-state index in [-0.39, 0.29) is 16.3 Å². The first kappa shape index (κ1) is 12.1. The van der Waals surface area contributed by atoms with E-state index in [2.05, 4.69) is 15.5 Å². The number of aromatic nitrogens is 2. The van der Waals surface area contributed by atoms with E-state index in [1.54, 1.807) is 0 Å². The maximum atomic E-state index is 11.9. The van der Waals surface area contributed by atoms with Crippen molar-refractivity contribution in [3.8, 4) is 0 Å². The number of amides is 1. The van der Waals surface area contributed by atoms with Crippen LogP contribution in [-0.2, 0) is 0 Å². The van der Waals surface area contributed by atoms with Crippen LogP contribution >= 0.6 is 11.6 Å². The van der Waals surface area contributed by atoms with Gasteiger partial charge in [0.2, 0.25) is 0 Å². The van der Waals surface area contributed by atoms with Gasteiger partial charge in [-0.1, -0.05) is 17.7 Å². The molecule has 0 unspecified atom stereocenters. The van der Waals surface area contributed by atoms with Crippen LogP contribution in [0.25, 0.3) is 0 Å². The lowest BCUT2D eigenvalue weighted by molar-refractivity contribution is -0.385. The monoisotopic (exact) mass is 266 g/mol. The van der Waals surface area contributed by atoms with Crippen molar-refractivity contribution >= 4 is 29.0 Å². The molecule has 7 nitrogen and oxygen atoms in total. The van der Waals surface area contributed by atoms with Crippen molar-refractivity contribution in [2.24, 2.45) is 0 Å². The number of anilines is 1. The van der Waals surface area contributed by atoms with Crippen LogP contribution in [0.15, 0.2) is 30.5 Å². The molecule has 92 valence electrons. The highest BCUT2D eigenvalue weighted by molar-refractivity contribution is 6.35. The second kappa shape index (κ2) is 4.84. The minimum absolute atomic E-state index is 0.0150. The number of H-pyrrole nitrogens is 1. The molecule has 1 aromatic carbocycles. The zero-order valence-corrected chi connectivity index (χ0v) is 9.64. The Balaban J connectivity index is 2.38. The molecule has 2 rings (SSSR count). The second-order valence-corrected chi connectivity index (χ2v) is 3.72. The molecule has 0 spiro atoms. The number of hydrogen-bond acceptors (Lipinski definition) is 4. The summed E-state index contributed by atoms with van der Waals surface area (Å²) in [7, 11) is 0. The minimum atomic E-state index is -0.670. The lowest BCUT2D eigenvalue weighted by Crippen LogP contribution is -2.14. The summed E-state index contributed by atoms with van der Waals surface area (Å²) in [6.45, 7) is 0. The molecule has 8 heteroatoms. The van der Waals surface area contributed by atoms with E-state index in [9.17, 15) is 14.9 Å². The van der Waals surface area contributed by atoms with Gasteiger partial charge in [-0.25, -0.2) is 0 Å². The molecule has 0 aliphatic rings. The Labute approximate surface area is 106 Å². The maximum Gasteiger partial charge on any atom is 0.283 e. The number of halogens is 1. The van der Waals surface area contributed by atoms with Gasteiger partial charge < -0.3 is 5.32 Å². The Kier molecular flexibility index (Phi) is 3.24. The normalized spacial score (nSPS) is 10.1. The zero-order chi connectivity index (χ0) is 13.1. The number of nitrogens with one attached hydrogen (secondary N) is 2. The topological polar surface area (TPSA) is 101 Å². The molecule has 1 amide bonds. The quantitative estimate of drug-likeness (QED) is 0.657. The Morgan fingerprint density at radius 1 is 1.44 bits per heavy atom. The zero-order valence-electron chi connectivity index (χ0n) is 8.88. The SMILES string of the molecule is O=C(Nc1ccn[nH]1)c1c(Cl)cccc1[N+](=O)[O-]. The first-order valence-corrected chi connectivity index (χ1v) is 5.21. The van der Waals surface area contributed by atoms with Gasteiger partial charge in [0.1, 0.15) is 11.4 Å². The van der Waals surface area contributed by atoms with Gasteiger partial charge in [0.25, 0.3) is 11.6 Å². The number of hydrogen-bond donors (Lipinski definition) is 2. The number of carbonyl (C=O) groups is 1. The van der Waals surface area contributed by atoms with Crippen LogP contribution in [0.2, 0.25) is 5.02 Å². The molecule has 1 heterocycles. The summed E-state index contributed by atoms with van der Waals surface area (Å²) >= 11 is 5.82. The van der Waals surface area contributed by atoms with Crippen LogP contribution < -0.4 is 5.32 Å². The Bertz CT molecular complexity index is 597. The van der Waals surface area contributed by atoms with Crippen LogP contribution in [0.3, 0.4) is 0 Å². The summed E-state index contributed by atoms with van der Waals surface area (Å²) < 4.78 is 0. The number of rotatable bonds is 3. The van der Waals surface area contributed by atoms with Crippen molar-refractivity contribution in [1.82, 2.24) is 10.2 Å². The summed E-state index contributed by atoms with van der Waals surface area (Å²) in [6, 6.07) is 5.55. The molecule has 0 aliphatic carbocycles. The summed E-state index contributed by atoms with van der Waals surface area (Å²) in [5, 5.41) is 19.4. The van der Waals surface area contributed by atoms with Crippen LogP contribution in [-0.4, -0.2) is 21.0 Å². The van der Waals surface area contributed by atoms with E-state index in [4.69, 9.17) is 11.6 Å². The third-order valence-electron chi connectivity index (χ3n) is 2.16. The predicted octanol–water partition coefficient (Wildman–Crippen LogP) is 2.22. The first-order valence-electron chi connectivity index (χ1n) is 4.83. The third-order valence-corrected chi connectivity index (χ3v) is 2.48. The van der Waals surface area contributed by atoms with E-state index in [1.165, 1.54) is 30.5 Å². The molecule has 18 heavy (non-hydrogen) atoms. The summed E-state index contributed by atoms with van der Waals surface area (Å²) in [5.41, 5.74) is -0.529. The fraction of sp³-hybridized carbons (Fsp3) is 0. The molecular formula is C10H7ClN4O3. The number of nitro benzene ring substituents is 1. The lowest BCUT2D eigenvalue weighted by atomic mass is 10.1. The highest BCUT2D eigenvalue weighted by Crippen LogP contribution is 2.26. The molecule has 0 saturated carbocycles. The molecule has 2 N–H and O–H groups in total. The fourth-order valence-corrected chi connectivity index (χ4v) is 1.66. The molecule has 0 bridgehead atoms. The average molecular weight is 267 g/mol. The number of carbonyl (C=O) groups excluding carboxylic acids is 1. The first-order chi connectivity index (χ1) is 8.59. The van der Waals surface area contributed by atoms with Crippen molar-refractivity contribution in [1.29, 1.82) is 0 Å². The summed E-state index contributed by atoms with van der Waals surface area (Å²) in [4.78, 5) is 22.1. The highest BCUT2D eigenvalue weighted by atomic mass is 35.5. The number of benzene rings is 1. The van der Waals surface area contributed by atoms with Gasteiger partial charge in [-0.3, -0.25) is 20.0 Å². The molecule has 2 aromatic rings. The molecule has 0 aliphatic heterocycles. The van der Waals surface area contributed by atoms with Gasteiger partial charge in [-0.05, 0) is 6.07 Å². The van der Waals surface area contributed by atoms with E-state index >= 15 is 0 Å². The summed E-state index contributed by atoms with van der Waals surface area (Å²) in [6.07, 6.45) is 1.44.